The molecule has 0 saturated carbocycles. The van der Waals surface area contributed by atoms with Crippen molar-refractivity contribution >= 4 is 5.91 Å². The summed E-state index contributed by atoms with van der Waals surface area (Å²) < 4.78 is 0. The van der Waals surface area contributed by atoms with Gasteiger partial charge in [0.15, 0.2) is 0 Å². The smallest absolute Gasteiger partial charge is 0.217 e. The van der Waals surface area contributed by atoms with Crippen LogP contribution in [0, 0.1) is 0 Å². The van der Waals surface area contributed by atoms with Gasteiger partial charge in [0.25, 0.3) is 0 Å². The van der Waals surface area contributed by atoms with Crippen LogP contribution in [-0.4, -0.2) is 31.6 Å². The van der Waals surface area contributed by atoms with Crippen LogP contribution in [0.1, 0.15) is 6.92 Å². The molecule has 0 aliphatic heterocycles. The largest absolute Gasteiger partial charge is 0.351 e. The Morgan fingerprint density at radius 3 is 2.58 bits per heavy atom. The second-order valence-electron chi connectivity index (χ2n) is 2.51. The number of amides is 1. The van der Waals surface area contributed by atoms with E-state index in [0.717, 1.165) is 0 Å². The second kappa shape index (κ2) is 5.29. The Kier molecular flexibility index (Phi) is 4.67. The Labute approximate surface area is 72.1 Å². The van der Waals surface area contributed by atoms with E-state index in [2.05, 4.69) is 22.2 Å². The first kappa shape index (κ1) is 10.6. The standard InChI is InChI=1S/C7H14N4O/c1-6(5-8-7(2)12)9-10-11(3)4/h1,5H2,2-4H3,(H,8,12)/b10-9-. The zero-order valence-electron chi connectivity index (χ0n) is 7.66. The van der Waals surface area contributed by atoms with E-state index in [9.17, 15) is 4.79 Å². The van der Waals surface area contributed by atoms with Crippen LogP contribution in [-0.2, 0) is 4.79 Å². The predicted octanol–water partition coefficient (Wildman–Crippen LogP) is 0.565. The summed E-state index contributed by atoms with van der Waals surface area (Å²) in [6.45, 7) is 5.38. The lowest BCUT2D eigenvalue weighted by molar-refractivity contribution is -0.118. The van der Waals surface area contributed by atoms with Crippen molar-refractivity contribution in [2.75, 3.05) is 20.6 Å². The Balaban J connectivity index is 3.67. The zero-order valence-corrected chi connectivity index (χ0v) is 7.66. The molecule has 0 heterocycles. The molecule has 0 aliphatic rings. The molecule has 0 aromatic carbocycles. The molecule has 0 aliphatic carbocycles. The molecular weight excluding hydrogens is 156 g/mol. The van der Waals surface area contributed by atoms with Gasteiger partial charge >= 0.3 is 0 Å². The van der Waals surface area contributed by atoms with Crippen LogP contribution < -0.4 is 5.32 Å². The van der Waals surface area contributed by atoms with Crippen LogP contribution in [0.25, 0.3) is 0 Å². The SMILES string of the molecule is C=C(CNC(C)=O)/N=N\N(C)C. The van der Waals surface area contributed by atoms with Crippen molar-refractivity contribution in [1.29, 1.82) is 0 Å². The lowest BCUT2D eigenvalue weighted by atomic mass is 10.5. The Morgan fingerprint density at radius 2 is 2.17 bits per heavy atom. The van der Waals surface area contributed by atoms with Crippen LogP contribution in [0.5, 0.6) is 0 Å². The molecule has 0 rings (SSSR count). The fourth-order valence-electron chi connectivity index (χ4n) is 0.415. The summed E-state index contributed by atoms with van der Waals surface area (Å²) in [5.74, 6) is -0.101. The van der Waals surface area contributed by atoms with Crippen LogP contribution in [0.15, 0.2) is 22.6 Å². The fourth-order valence-corrected chi connectivity index (χ4v) is 0.415. The van der Waals surface area contributed by atoms with E-state index in [4.69, 9.17) is 0 Å². The molecule has 12 heavy (non-hydrogen) atoms. The third kappa shape index (κ3) is 6.73. The van der Waals surface area contributed by atoms with Crippen LogP contribution in [0.4, 0.5) is 0 Å². The van der Waals surface area contributed by atoms with Crippen molar-refractivity contribution in [2.24, 2.45) is 10.3 Å². The predicted molar refractivity (Wildman–Crippen MR) is 46.4 cm³/mol. The molecule has 0 radical (unpaired) electrons. The molecule has 0 aromatic rings. The molecule has 0 atom stereocenters. The first-order chi connectivity index (χ1) is 5.52. The third-order valence-corrected chi connectivity index (χ3v) is 0.906. The molecule has 0 bridgehead atoms. The summed E-state index contributed by atoms with van der Waals surface area (Å²) in [5, 5.41) is 11.6. The van der Waals surface area contributed by atoms with Crippen molar-refractivity contribution in [3.63, 3.8) is 0 Å². The van der Waals surface area contributed by atoms with Gasteiger partial charge in [0, 0.05) is 21.0 Å². The molecule has 0 saturated heterocycles. The third-order valence-electron chi connectivity index (χ3n) is 0.906. The minimum atomic E-state index is -0.101. The van der Waals surface area contributed by atoms with Crippen molar-refractivity contribution in [2.45, 2.75) is 6.92 Å². The first-order valence-electron chi connectivity index (χ1n) is 3.53. The topological polar surface area (TPSA) is 57.1 Å². The average Bonchev–Trinajstić information content (AvgIpc) is 1.96. The molecule has 5 nitrogen and oxygen atoms in total. The van der Waals surface area contributed by atoms with E-state index in [1.54, 1.807) is 19.1 Å². The highest BCUT2D eigenvalue weighted by atomic mass is 16.1. The minimum absolute atomic E-state index is 0.101. The van der Waals surface area contributed by atoms with Crippen LogP contribution in [0.3, 0.4) is 0 Å². The normalized spacial score (nSPS) is 9.92. The maximum atomic E-state index is 10.5. The highest BCUT2D eigenvalue weighted by Gasteiger charge is 1.92. The Morgan fingerprint density at radius 1 is 1.58 bits per heavy atom. The van der Waals surface area contributed by atoms with Gasteiger partial charge in [-0.3, -0.25) is 9.80 Å². The number of carbonyl (C=O) groups is 1. The molecule has 0 aromatic heterocycles. The van der Waals surface area contributed by atoms with E-state index in [1.165, 1.54) is 6.92 Å². The van der Waals surface area contributed by atoms with Crippen LogP contribution >= 0.6 is 0 Å². The van der Waals surface area contributed by atoms with Gasteiger partial charge in [0.2, 0.25) is 5.91 Å². The van der Waals surface area contributed by atoms with Gasteiger partial charge in [0.1, 0.15) is 0 Å². The first-order valence-corrected chi connectivity index (χ1v) is 3.53. The maximum Gasteiger partial charge on any atom is 0.217 e. The second-order valence-corrected chi connectivity index (χ2v) is 2.51. The van der Waals surface area contributed by atoms with E-state index in [1.807, 2.05) is 0 Å². The Hall–Kier alpha value is -1.39. The summed E-state index contributed by atoms with van der Waals surface area (Å²) in [7, 11) is 3.52. The van der Waals surface area contributed by atoms with Crippen LogP contribution in [0.2, 0.25) is 0 Å². The van der Waals surface area contributed by atoms with E-state index in [-0.39, 0.29) is 5.91 Å². The number of nitrogens with one attached hydrogen (secondary N) is 1. The Bertz CT molecular complexity index is 198. The minimum Gasteiger partial charge on any atom is -0.351 e. The van der Waals surface area contributed by atoms with Gasteiger partial charge in [-0.15, -0.1) is 5.11 Å². The highest BCUT2D eigenvalue weighted by Crippen LogP contribution is 1.91. The van der Waals surface area contributed by atoms with Gasteiger partial charge in [-0.05, 0) is 0 Å². The van der Waals surface area contributed by atoms with Gasteiger partial charge in [0.05, 0.1) is 12.2 Å². The fraction of sp³-hybridized carbons (Fsp3) is 0.571. The monoisotopic (exact) mass is 170 g/mol. The van der Waals surface area contributed by atoms with Gasteiger partial charge in [-0.1, -0.05) is 11.8 Å². The summed E-state index contributed by atoms with van der Waals surface area (Å²) >= 11 is 0. The number of hydrogen-bond donors (Lipinski definition) is 1. The summed E-state index contributed by atoms with van der Waals surface area (Å²) in [6, 6.07) is 0. The quantitative estimate of drug-likeness (QED) is 0.495. The van der Waals surface area contributed by atoms with E-state index >= 15 is 0 Å². The molecule has 5 heteroatoms. The lowest BCUT2D eigenvalue weighted by Gasteiger charge is -2.02. The van der Waals surface area contributed by atoms with Crippen molar-refractivity contribution in [3.05, 3.63) is 12.3 Å². The highest BCUT2D eigenvalue weighted by molar-refractivity contribution is 5.73. The van der Waals surface area contributed by atoms with E-state index in [0.29, 0.717) is 12.2 Å². The van der Waals surface area contributed by atoms with E-state index < -0.39 is 0 Å². The summed E-state index contributed by atoms with van der Waals surface area (Å²) in [6.07, 6.45) is 0. The van der Waals surface area contributed by atoms with Crippen molar-refractivity contribution < 1.29 is 4.79 Å². The molecule has 0 spiro atoms. The zero-order chi connectivity index (χ0) is 9.56. The lowest BCUT2D eigenvalue weighted by Crippen LogP contribution is -2.21. The van der Waals surface area contributed by atoms with Crippen molar-refractivity contribution in [3.8, 4) is 0 Å². The number of hydrogen-bond acceptors (Lipinski definition) is 3. The molecule has 0 fully saturated rings. The molecular formula is C7H14N4O. The van der Waals surface area contributed by atoms with Crippen molar-refractivity contribution in [1.82, 2.24) is 10.3 Å². The average molecular weight is 170 g/mol. The molecule has 68 valence electrons. The number of nitrogens with zero attached hydrogens (tertiary/aromatic N) is 3. The van der Waals surface area contributed by atoms with Gasteiger partial charge in [-0.2, -0.15) is 0 Å². The number of carbonyl (C=O) groups excluding carboxylic acids is 1. The summed E-state index contributed by atoms with van der Waals surface area (Å²) in [4.78, 5) is 10.5. The molecule has 1 N–H and O–H groups in total. The summed E-state index contributed by atoms with van der Waals surface area (Å²) in [5.41, 5.74) is 0.527. The maximum absolute atomic E-state index is 10.5. The molecule has 1 amide bonds. The molecule has 0 unspecified atom stereocenters. The van der Waals surface area contributed by atoms with Gasteiger partial charge in [-0.25, -0.2) is 0 Å². The van der Waals surface area contributed by atoms with Gasteiger partial charge < -0.3 is 5.32 Å². The number of rotatable bonds is 4.